The van der Waals surface area contributed by atoms with Crippen molar-refractivity contribution < 1.29 is 0 Å². The lowest BCUT2D eigenvalue weighted by molar-refractivity contribution is 0.614. The molecule has 0 bridgehead atoms. The zero-order valence-electron chi connectivity index (χ0n) is 9.46. The van der Waals surface area contributed by atoms with Gasteiger partial charge in [0.2, 0.25) is 0 Å². The van der Waals surface area contributed by atoms with E-state index in [9.17, 15) is 0 Å². The van der Waals surface area contributed by atoms with Crippen LogP contribution in [-0.4, -0.2) is 15.0 Å². The predicted molar refractivity (Wildman–Crippen MR) is 64.6 cm³/mol. The fourth-order valence-electron chi connectivity index (χ4n) is 1.74. The number of nitrogens with two attached hydrogens (primary N) is 2. The van der Waals surface area contributed by atoms with Gasteiger partial charge in [-0.3, -0.25) is 15.8 Å². The van der Waals surface area contributed by atoms with Gasteiger partial charge >= 0.3 is 0 Å². The minimum atomic E-state index is -0.308. The van der Waals surface area contributed by atoms with Crippen LogP contribution in [0.4, 0.5) is 5.82 Å². The monoisotopic (exact) mass is 230 g/mol. The molecule has 0 aliphatic carbocycles. The Morgan fingerprint density at radius 1 is 1.24 bits per heavy atom. The second-order valence-corrected chi connectivity index (χ2v) is 3.66. The lowest BCUT2D eigenvalue weighted by Crippen LogP contribution is -2.31. The largest absolute Gasteiger partial charge is 0.383 e. The van der Waals surface area contributed by atoms with Crippen molar-refractivity contribution in [2.24, 2.45) is 5.84 Å². The zero-order chi connectivity index (χ0) is 12.3. The van der Waals surface area contributed by atoms with Gasteiger partial charge in [-0.05, 0) is 18.6 Å². The Morgan fingerprint density at radius 2 is 2.06 bits per heavy atom. The molecule has 2 rings (SSSR count). The molecular formula is C11H14N6. The second-order valence-electron chi connectivity index (χ2n) is 3.66. The molecule has 17 heavy (non-hydrogen) atoms. The molecule has 5 N–H and O–H groups in total. The number of nitrogen functional groups attached to an aromatic ring is 1. The quantitative estimate of drug-likeness (QED) is 0.518. The molecular weight excluding hydrogens is 216 g/mol. The van der Waals surface area contributed by atoms with Crippen molar-refractivity contribution in [1.82, 2.24) is 20.4 Å². The highest BCUT2D eigenvalue weighted by Gasteiger charge is 2.19. The van der Waals surface area contributed by atoms with Crippen molar-refractivity contribution >= 4 is 5.82 Å². The molecule has 6 nitrogen and oxygen atoms in total. The van der Waals surface area contributed by atoms with Gasteiger partial charge in [0.15, 0.2) is 0 Å². The minimum absolute atomic E-state index is 0.308. The number of hydrazine groups is 1. The minimum Gasteiger partial charge on any atom is -0.383 e. The Morgan fingerprint density at radius 3 is 2.65 bits per heavy atom. The van der Waals surface area contributed by atoms with E-state index in [1.807, 2.05) is 13.0 Å². The summed E-state index contributed by atoms with van der Waals surface area (Å²) in [7, 11) is 0. The van der Waals surface area contributed by atoms with Gasteiger partial charge in [0.25, 0.3) is 0 Å². The smallest absolute Gasteiger partial charge is 0.128 e. The van der Waals surface area contributed by atoms with Crippen LogP contribution in [0.1, 0.15) is 22.9 Å². The van der Waals surface area contributed by atoms with Gasteiger partial charge in [0.1, 0.15) is 5.82 Å². The molecule has 0 aromatic carbocycles. The number of nitrogens with zero attached hydrogens (tertiary/aromatic N) is 3. The molecule has 2 aromatic heterocycles. The number of rotatable bonds is 3. The number of aryl methyl sites for hydroxylation is 1. The normalized spacial score (nSPS) is 12.4. The first-order valence-electron chi connectivity index (χ1n) is 5.17. The molecule has 88 valence electrons. The molecule has 0 aliphatic rings. The summed E-state index contributed by atoms with van der Waals surface area (Å²) >= 11 is 0. The lowest BCUT2D eigenvalue weighted by atomic mass is 10.0. The van der Waals surface area contributed by atoms with E-state index in [0.717, 1.165) is 11.1 Å². The fourth-order valence-corrected chi connectivity index (χ4v) is 1.74. The van der Waals surface area contributed by atoms with Crippen molar-refractivity contribution in [1.29, 1.82) is 0 Å². The lowest BCUT2D eigenvalue weighted by Gasteiger charge is -2.18. The highest BCUT2D eigenvalue weighted by molar-refractivity contribution is 5.48. The first kappa shape index (κ1) is 11.4. The molecule has 0 fully saturated rings. The van der Waals surface area contributed by atoms with Crippen molar-refractivity contribution in [2.45, 2.75) is 13.0 Å². The van der Waals surface area contributed by atoms with Crippen LogP contribution in [0, 0.1) is 6.92 Å². The van der Waals surface area contributed by atoms with Crippen LogP contribution in [0.5, 0.6) is 0 Å². The highest BCUT2D eigenvalue weighted by atomic mass is 15.2. The van der Waals surface area contributed by atoms with Gasteiger partial charge in [0, 0.05) is 24.2 Å². The van der Waals surface area contributed by atoms with E-state index < -0.39 is 0 Å². The van der Waals surface area contributed by atoms with Crippen molar-refractivity contribution in [2.75, 3.05) is 5.73 Å². The Bertz CT molecular complexity index is 478. The van der Waals surface area contributed by atoms with E-state index in [1.54, 1.807) is 24.8 Å². The predicted octanol–water partition coefficient (Wildman–Crippen LogP) is 0.315. The Labute approximate surface area is 99.1 Å². The van der Waals surface area contributed by atoms with Crippen LogP contribution in [0.15, 0.2) is 30.9 Å². The number of aromatic nitrogens is 3. The van der Waals surface area contributed by atoms with Crippen molar-refractivity contribution in [3.63, 3.8) is 0 Å². The third-order valence-electron chi connectivity index (χ3n) is 2.57. The standard InChI is InChI=1S/C11H14N6/c1-7-2-3-16-11(12)9(7)10(17-13)8-6-14-4-5-15-8/h2-6,10,17H,13H2,1H3,(H2,12,16). The molecule has 0 radical (unpaired) electrons. The summed E-state index contributed by atoms with van der Waals surface area (Å²) in [5, 5.41) is 0. The summed E-state index contributed by atoms with van der Waals surface area (Å²) in [5.74, 6) is 6.02. The Hall–Kier alpha value is -2.05. The molecule has 2 heterocycles. The summed E-state index contributed by atoms with van der Waals surface area (Å²) in [6.07, 6.45) is 6.53. The van der Waals surface area contributed by atoms with Gasteiger partial charge in [-0.1, -0.05) is 0 Å². The van der Waals surface area contributed by atoms with Crippen LogP contribution in [-0.2, 0) is 0 Å². The van der Waals surface area contributed by atoms with Crippen LogP contribution >= 0.6 is 0 Å². The van der Waals surface area contributed by atoms with Crippen molar-refractivity contribution in [3.8, 4) is 0 Å². The fraction of sp³-hybridized carbons (Fsp3) is 0.182. The topological polar surface area (TPSA) is 103 Å². The number of anilines is 1. The average molecular weight is 230 g/mol. The van der Waals surface area contributed by atoms with E-state index >= 15 is 0 Å². The number of hydrogen-bond acceptors (Lipinski definition) is 6. The van der Waals surface area contributed by atoms with Crippen LogP contribution in [0.25, 0.3) is 0 Å². The van der Waals surface area contributed by atoms with Crippen LogP contribution in [0.2, 0.25) is 0 Å². The average Bonchev–Trinajstić information content (AvgIpc) is 2.35. The van der Waals surface area contributed by atoms with Crippen LogP contribution < -0.4 is 17.0 Å². The summed E-state index contributed by atoms with van der Waals surface area (Å²) in [6.45, 7) is 1.95. The summed E-state index contributed by atoms with van der Waals surface area (Å²) in [5.41, 5.74) is 11.1. The van der Waals surface area contributed by atoms with E-state index in [0.29, 0.717) is 11.5 Å². The summed E-state index contributed by atoms with van der Waals surface area (Å²) in [6, 6.07) is 1.57. The zero-order valence-corrected chi connectivity index (χ0v) is 9.46. The van der Waals surface area contributed by atoms with Gasteiger partial charge in [-0.15, -0.1) is 0 Å². The molecule has 0 aliphatic heterocycles. The number of nitrogens with one attached hydrogen (secondary N) is 1. The first-order chi connectivity index (χ1) is 8.24. The maximum Gasteiger partial charge on any atom is 0.128 e. The molecule has 1 unspecified atom stereocenters. The first-order valence-corrected chi connectivity index (χ1v) is 5.17. The van der Waals surface area contributed by atoms with E-state index in [1.165, 1.54) is 0 Å². The second kappa shape index (κ2) is 4.86. The number of pyridine rings is 1. The number of hydrogen-bond donors (Lipinski definition) is 3. The third kappa shape index (κ3) is 2.22. The molecule has 0 saturated carbocycles. The molecule has 6 heteroatoms. The summed E-state index contributed by atoms with van der Waals surface area (Å²) < 4.78 is 0. The highest BCUT2D eigenvalue weighted by Crippen LogP contribution is 2.25. The SMILES string of the molecule is Cc1ccnc(N)c1C(NN)c1cnccn1. The van der Waals surface area contributed by atoms with E-state index in [2.05, 4.69) is 20.4 Å². The molecule has 0 saturated heterocycles. The maximum atomic E-state index is 5.88. The molecule has 0 spiro atoms. The van der Waals surface area contributed by atoms with Gasteiger partial charge < -0.3 is 5.73 Å². The Balaban J connectivity index is 2.50. The van der Waals surface area contributed by atoms with Gasteiger partial charge in [-0.25, -0.2) is 10.4 Å². The van der Waals surface area contributed by atoms with Crippen LogP contribution in [0.3, 0.4) is 0 Å². The van der Waals surface area contributed by atoms with Gasteiger partial charge in [-0.2, -0.15) is 0 Å². The third-order valence-corrected chi connectivity index (χ3v) is 2.57. The molecule has 2 aromatic rings. The van der Waals surface area contributed by atoms with Gasteiger partial charge in [0.05, 0.1) is 17.9 Å². The van der Waals surface area contributed by atoms with E-state index in [-0.39, 0.29) is 6.04 Å². The Kier molecular flexibility index (Phi) is 3.27. The van der Waals surface area contributed by atoms with E-state index in [4.69, 9.17) is 11.6 Å². The van der Waals surface area contributed by atoms with Crippen molar-refractivity contribution in [3.05, 3.63) is 47.7 Å². The summed E-state index contributed by atoms with van der Waals surface area (Å²) in [4.78, 5) is 12.3. The maximum absolute atomic E-state index is 5.88. The molecule has 1 atom stereocenters. The molecule has 0 amide bonds.